The molecule has 0 radical (unpaired) electrons. The number of aryl methyl sites for hydroxylation is 1. The second-order valence-corrected chi connectivity index (χ2v) is 11.1. The van der Waals surface area contributed by atoms with Crippen LogP contribution in [0, 0.1) is 12.8 Å². The van der Waals surface area contributed by atoms with Crippen LogP contribution in [0.15, 0.2) is 90.1 Å². The summed E-state index contributed by atoms with van der Waals surface area (Å²) >= 11 is 7.93. The van der Waals surface area contributed by atoms with Crippen LogP contribution in [0.25, 0.3) is 0 Å². The van der Waals surface area contributed by atoms with E-state index < -0.39 is 0 Å². The van der Waals surface area contributed by atoms with Gasteiger partial charge in [0, 0.05) is 36.2 Å². The van der Waals surface area contributed by atoms with Gasteiger partial charge in [-0.3, -0.25) is 4.79 Å². The summed E-state index contributed by atoms with van der Waals surface area (Å²) in [6.45, 7) is 3.97. The Labute approximate surface area is 233 Å². The predicted octanol–water partition coefficient (Wildman–Crippen LogP) is 7.44. The Kier molecular flexibility index (Phi) is 8.61. The summed E-state index contributed by atoms with van der Waals surface area (Å²) in [5.74, 6) is 2.16. The first kappa shape index (κ1) is 26.3. The third kappa shape index (κ3) is 7.15. The van der Waals surface area contributed by atoms with Crippen molar-refractivity contribution >= 4 is 40.8 Å². The van der Waals surface area contributed by atoms with E-state index in [1.165, 1.54) is 5.56 Å². The molecular formula is C31H31ClN4OS. The Morgan fingerprint density at radius 3 is 2.37 bits per heavy atom. The monoisotopic (exact) mass is 542 g/mol. The lowest BCUT2D eigenvalue weighted by Crippen LogP contribution is -2.35. The molecule has 7 heteroatoms. The smallest absolute Gasteiger partial charge is 0.255 e. The molecule has 0 saturated carbocycles. The van der Waals surface area contributed by atoms with E-state index in [2.05, 4.69) is 45.5 Å². The van der Waals surface area contributed by atoms with Crippen LogP contribution < -0.4 is 10.2 Å². The molecule has 2 heterocycles. The van der Waals surface area contributed by atoms with Crippen LogP contribution in [0.1, 0.15) is 39.9 Å². The summed E-state index contributed by atoms with van der Waals surface area (Å²) in [5.41, 5.74) is 5.07. The summed E-state index contributed by atoms with van der Waals surface area (Å²) in [7, 11) is 0. The number of aromatic nitrogens is 2. The number of nitrogens with one attached hydrogen (secondary N) is 1. The molecular weight excluding hydrogens is 512 g/mol. The van der Waals surface area contributed by atoms with Crippen LogP contribution >= 0.6 is 23.4 Å². The zero-order valence-corrected chi connectivity index (χ0v) is 23.0. The lowest BCUT2D eigenvalue weighted by molar-refractivity contribution is 0.102. The van der Waals surface area contributed by atoms with Crippen LogP contribution in [-0.2, 0) is 12.2 Å². The number of hydrogen-bond acceptors (Lipinski definition) is 5. The molecule has 3 aromatic carbocycles. The van der Waals surface area contributed by atoms with Gasteiger partial charge in [0.2, 0.25) is 0 Å². The highest BCUT2D eigenvalue weighted by atomic mass is 35.5. The van der Waals surface area contributed by atoms with Crippen molar-refractivity contribution in [3.05, 3.63) is 112 Å². The predicted molar refractivity (Wildman–Crippen MR) is 157 cm³/mol. The molecule has 1 aromatic heterocycles. The number of anilines is 2. The van der Waals surface area contributed by atoms with Crippen LogP contribution in [-0.4, -0.2) is 29.0 Å². The van der Waals surface area contributed by atoms with Gasteiger partial charge in [-0.05, 0) is 67.5 Å². The minimum Gasteiger partial charge on any atom is -0.356 e. The number of carbonyl (C=O) groups excluding carboxylic acids is 1. The Hall–Kier alpha value is -3.35. The topological polar surface area (TPSA) is 58.1 Å². The fourth-order valence-corrected chi connectivity index (χ4v) is 5.70. The fraction of sp³-hybridized carbons (Fsp3) is 0.258. The van der Waals surface area contributed by atoms with Gasteiger partial charge >= 0.3 is 0 Å². The van der Waals surface area contributed by atoms with E-state index in [4.69, 9.17) is 16.6 Å². The molecule has 1 fully saturated rings. The van der Waals surface area contributed by atoms with Gasteiger partial charge in [0.25, 0.3) is 5.91 Å². The third-order valence-electron chi connectivity index (χ3n) is 6.86. The molecule has 4 aromatic rings. The summed E-state index contributed by atoms with van der Waals surface area (Å²) in [6, 6.07) is 28.0. The van der Waals surface area contributed by atoms with Gasteiger partial charge < -0.3 is 10.2 Å². The van der Waals surface area contributed by atoms with Gasteiger partial charge in [0.05, 0.1) is 0 Å². The first-order chi connectivity index (χ1) is 18.5. The lowest BCUT2D eigenvalue weighted by Gasteiger charge is -2.33. The maximum Gasteiger partial charge on any atom is 0.255 e. The van der Waals surface area contributed by atoms with Gasteiger partial charge in [-0.2, -0.15) is 0 Å². The zero-order valence-electron chi connectivity index (χ0n) is 21.4. The molecule has 1 aliphatic heterocycles. The number of halogens is 1. The SMILES string of the molecule is Cc1ccc(NC(=O)c2ccc(CSc3nc(Cl)cc(N4CCC(Cc5ccccc5)CC4)n3)cc2)cc1. The van der Waals surface area contributed by atoms with Crippen LogP contribution in [0.4, 0.5) is 11.5 Å². The number of hydrogen-bond donors (Lipinski definition) is 1. The van der Waals surface area contributed by atoms with Crippen molar-refractivity contribution in [2.24, 2.45) is 5.92 Å². The highest BCUT2D eigenvalue weighted by molar-refractivity contribution is 7.98. The zero-order chi connectivity index (χ0) is 26.3. The van der Waals surface area contributed by atoms with E-state index in [0.717, 1.165) is 55.0 Å². The van der Waals surface area contributed by atoms with E-state index in [1.54, 1.807) is 11.8 Å². The minimum absolute atomic E-state index is 0.122. The van der Waals surface area contributed by atoms with Crippen molar-refractivity contribution in [3.63, 3.8) is 0 Å². The Morgan fingerprint density at radius 1 is 0.947 bits per heavy atom. The lowest BCUT2D eigenvalue weighted by atomic mass is 9.90. The molecule has 1 amide bonds. The van der Waals surface area contributed by atoms with Crippen molar-refractivity contribution in [2.75, 3.05) is 23.3 Å². The van der Waals surface area contributed by atoms with Crippen molar-refractivity contribution < 1.29 is 4.79 Å². The van der Waals surface area contributed by atoms with Gasteiger partial charge in [-0.25, -0.2) is 9.97 Å². The molecule has 1 aliphatic rings. The second kappa shape index (κ2) is 12.5. The molecule has 0 spiro atoms. The van der Waals surface area contributed by atoms with E-state index in [1.807, 2.05) is 61.5 Å². The van der Waals surface area contributed by atoms with Crippen molar-refractivity contribution in [1.29, 1.82) is 0 Å². The van der Waals surface area contributed by atoms with Gasteiger partial charge in [-0.1, -0.05) is 83.5 Å². The molecule has 194 valence electrons. The number of piperidine rings is 1. The first-order valence-corrected chi connectivity index (χ1v) is 14.3. The largest absolute Gasteiger partial charge is 0.356 e. The quantitative estimate of drug-likeness (QED) is 0.142. The molecule has 5 nitrogen and oxygen atoms in total. The molecule has 0 aliphatic carbocycles. The number of carbonyl (C=O) groups is 1. The van der Waals surface area contributed by atoms with Crippen molar-refractivity contribution in [1.82, 2.24) is 9.97 Å². The number of amides is 1. The van der Waals surface area contributed by atoms with E-state index >= 15 is 0 Å². The third-order valence-corrected chi connectivity index (χ3v) is 7.97. The van der Waals surface area contributed by atoms with Crippen LogP contribution in [0.5, 0.6) is 0 Å². The number of thioether (sulfide) groups is 1. The highest BCUT2D eigenvalue weighted by Crippen LogP contribution is 2.29. The Morgan fingerprint density at radius 2 is 1.66 bits per heavy atom. The van der Waals surface area contributed by atoms with Crippen molar-refractivity contribution in [2.45, 2.75) is 37.1 Å². The van der Waals surface area contributed by atoms with Crippen molar-refractivity contribution in [3.8, 4) is 0 Å². The van der Waals surface area contributed by atoms with Crippen LogP contribution in [0.3, 0.4) is 0 Å². The molecule has 1 N–H and O–H groups in total. The standard InChI is InChI=1S/C31H31ClN4OS/c1-22-7-13-27(14-8-22)33-30(37)26-11-9-25(10-12-26)21-38-31-34-28(32)20-29(35-31)36-17-15-24(16-18-36)19-23-5-3-2-4-6-23/h2-14,20,24H,15-19,21H2,1H3,(H,33,37). The van der Waals surface area contributed by atoms with Gasteiger partial charge in [0.1, 0.15) is 11.0 Å². The van der Waals surface area contributed by atoms with Crippen LogP contribution in [0.2, 0.25) is 5.15 Å². The fourth-order valence-electron chi connectivity index (χ4n) is 4.67. The summed E-state index contributed by atoms with van der Waals surface area (Å²) < 4.78 is 0. The van der Waals surface area contributed by atoms with E-state index in [9.17, 15) is 4.79 Å². The molecule has 0 bridgehead atoms. The average molecular weight is 543 g/mol. The Balaban J connectivity index is 1.14. The molecule has 1 saturated heterocycles. The maximum atomic E-state index is 12.6. The summed E-state index contributed by atoms with van der Waals surface area (Å²) in [4.78, 5) is 24.1. The van der Waals surface area contributed by atoms with Gasteiger partial charge in [0.15, 0.2) is 5.16 Å². The molecule has 0 unspecified atom stereocenters. The summed E-state index contributed by atoms with van der Waals surface area (Å²) in [6.07, 6.45) is 3.42. The first-order valence-electron chi connectivity index (χ1n) is 12.9. The number of benzene rings is 3. The highest BCUT2D eigenvalue weighted by Gasteiger charge is 2.21. The molecule has 0 atom stereocenters. The average Bonchev–Trinajstić information content (AvgIpc) is 2.94. The molecule has 38 heavy (non-hydrogen) atoms. The van der Waals surface area contributed by atoms with E-state index in [-0.39, 0.29) is 5.91 Å². The minimum atomic E-state index is -0.122. The van der Waals surface area contributed by atoms with Gasteiger partial charge in [-0.15, -0.1) is 0 Å². The normalized spacial score (nSPS) is 13.9. The maximum absolute atomic E-state index is 12.6. The Bertz CT molecular complexity index is 1360. The number of rotatable bonds is 8. The molecule has 5 rings (SSSR count). The summed E-state index contributed by atoms with van der Waals surface area (Å²) in [5, 5.41) is 4.07. The second-order valence-electron chi connectivity index (χ2n) is 9.76. The number of nitrogens with zero attached hydrogens (tertiary/aromatic N) is 3. The van der Waals surface area contributed by atoms with E-state index in [0.29, 0.717) is 27.5 Å².